The fraction of sp³-hybridized carbons (Fsp3) is 0.294. The number of aryl methyl sites for hydroxylation is 1. The van der Waals surface area contributed by atoms with Crippen molar-refractivity contribution < 1.29 is 0 Å². The van der Waals surface area contributed by atoms with Crippen molar-refractivity contribution in [1.29, 1.82) is 0 Å². The second-order valence-corrected chi connectivity index (χ2v) is 6.42. The molecule has 1 unspecified atom stereocenters. The van der Waals surface area contributed by atoms with Gasteiger partial charge in [0.1, 0.15) is 0 Å². The van der Waals surface area contributed by atoms with Crippen molar-refractivity contribution in [2.24, 2.45) is 5.84 Å². The molecule has 3 N–H and O–H groups in total. The first-order valence-corrected chi connectivity index (χ1v) is 8.53. The van der Waals surface area contributed by atoms with Crippen molar-refractivity contribution in [1.82, 2.24) is 5.43 Å². The van der Waals surface area contributed by atoms with E-state index < -0.39 is 0 Å². The number of hydrogen-bond donors (Lipinski definition) is 2. The summed E-state index contributed by atoms with van der Waals surface area (Å²) in [5.74, 6) is 6.58. The van der Waals surface area contributed by atoms with Crippen LogP contribution >= 0.6 is 23.4 Å². The maximum atomic E-state index is 6.19. The molecule has 112 valence electrons. The zero-order chi connectivity index (χ0) is 15.1. The first kappa shape index (κ1) is 16.4. The predicted molar refractivity (Wildman–Crippen MR) is 92.7 cm³/mol. The maximum absolute atomic E-state index is 6.19. The number of hydrazine groups is 1. The third kappa shape index (κ3) is 4.75. The van der Waals surface area contributed by atoms with Crippen molar-refractivity contribution in [2.75, 3.05) is 5.75 Å². The minimum absolute atomic E-state index is 0.114. The van der Waals surface area contributed by atoms with E-state index in [1.165, 1.54) is 11.1 Å². The van der Waals surface area contributed by atoms with E-state index in [1.807, 2.05) is 24.3 Å². The van der Waals surface area contributed by atoms with Crippen LogP contribution in [-0.4, -0.2) is 5.75 Å². The Kier molecular flexibility index (Phi) is 6.58. The monoisotopic (exact) mass is 320 g/mol. The van der Waals surface area contributed by atoms with Crippen LogP contribution in [0.4, 0.5) is 0 Å². The van der Waals surface area contributed by atoms with E-state index in [0.29, 0.717) is 0 Å². The lowest BCUT2D eigenvalue weighted by Crippen LogP contribution is -2.29. The molecule has 0 aromatic heterocycles. The Bertz CT molecular complexity index is 574. The number of halogens is 1. The summed E-state index contributed by atoms with van der Waals surface area (Å²) in [6, 6.07) is 16.6. The molecule has 0 aliphatic carbocycles. The van der Waals surface area contributed by atoms with Crippen molar-refractivity contribution in [3.8, 4) is 0 Å². The zero-order valence-electron chi connectivity index (χ0n) is 12.2. The third-order valence-corrected chi connectivity index (χ3v) is 4.94. The lowest BCUT2D eigenvalue weighted by atomic mass is 10.0. The largest absolute Gasteiger partial charge is 0.271 e. The van der Waals surface area contributed by atoms with Gasteiger partial charge in [-0.25, -0.2) is 0 Å². The average molecular weight is 321 g/mol. The molecular formula is C17H21ClN2S. The highest BCUT2D eigenvalue weighted by molar-refractivity contribution is 7.99. The van der Waals surface area contributed by atoms with E-state index in [9.17, 15) is 0 Å². The molecule has 21 heavy (non-hydrogen) atoms. The van der Waals surface area contributed by atoms with Gasteiger partial charge in [0.25, 0.3) is 0 Å². The summed E-state index contributed by atoms with van der Waals surface area (Å²) >= 11 is 7.91. The number of hydrogen-bond acceptors (Lipinski definition) is 3. The van der Waals surface area contributed by atoms with Gasteiger partial charge >= 0.3 is 0 Å². The molecule has 0 fully saturated rings. The van der Waals surface area contributed by atoms with Crippen molar-refractivity contribution in [2.45, 2.75) is 30.7 Å². The summed E-state index contributed by atoms with van der Waals surface area (Å²) in [7, 11) is 0. The molecule has 0 saturated heterocycles. The minimum Gasteiger partial charge on any atom is -0.271 e. The van der Waals surface area contributed by atoms with Gasteiger partial charge in [-0.05, 0) is 29.7 Å². The molecular weight excluding hydrogens is 300 g/mol. The summed E-state index contributed by atoms with van der Waals surface area (Å²) < 4.78 is 0. The first-order valence-electron chi connectivity index (χ1n) is 7.17. The van der Waals surface area contributed by atoms with E-state index >= 15 is 0 Å². The van der Waals surface area contributed by atoms with Crippen LogP contribution in [-0.2, 0) is 6.42 Å². The lowest BCUT2D eigenvalue weighted by Gasteiger charge is -2.17. The fourth-order valence-electron chi connectivity index (χ4n) is 2.23. The zero-order valence-corrected chi connectivity index (χ0v) is 13.8. The molecule has 0 aliphatic rings. The highest BCUT2D eigenvalue weighted by atomic mass is 35.5. The number of nitrogens with one attached hydrogen (secondary N) is 1. The average Bonchev–Trinajstić information content (AvgIpc) is 2.50. The van der Waals surface area contributed by atoms with Gasteiger partial charge in [-0.2, -0.15) is 0 Å². The minimum atomic E-state index is 0.114. The van der Waals surface area contributed by atoms with Crippen molar-refractivity contribution in [3.63, 3.8) is 0 Å². The Morgan fingerprint density at radius 1 is 1.19 bits per heavy atom. The lowest BCUT2D eigenvalue weighted by molar-refractivity contribution is 0.610. The normalized spacial score (nSPS) is 12.3. The number of thioether (sulfide) groups is 1. The number of rotatable bonds is 7. The standard InChI is InChI=1S/C17H21ClN2S/c1-2-6-13-7-5-8-14(11-13)16(20-19)12-21-17-10-4-3-9-15(17)18/h3-5,7-11,16,20H,2,6,12,19H2,1H3. The Morgan fingerprint density at radius 2 is 2.00 bits per heavy atom. The Morgan fingerprint density at radius 3 is 2.71 bits per heavy atom. The molecule has 0 saturated carbocycles. The van der Waals surface area contributed by atoms with Gasteiger partial charge in [-0.1, -0.05) is 61.3 Å². The number of nitrogens with two attached hydrogens (primary N) is 1. The molecule has 0 aliphatic heterocycles. The molecule has 0 heterocycles. The molecule has 1 atom stereocenters. The van der Waals surface area contributed by atoms with Gasteiger partial charge in [0.2, 0.25) is 0 Å². The molecule has 2 aromatic rings. The highest BCUT2D eigenvalue weighted by Gasteiger charge is 2.11. The summed E-state index contributed by atoms with van der Waals surface area (Å²) in [6.07, 6.45) is 2.25. The van der Waals surface area contributed by atoms with Gasteiger partial charge in [0, 0.05) is 10.6 Å². The van der Waals surface area contributed by atoms with E-state index in [4.69, 9.17) is 17.4 Å². The summed E-state index contributed by atoms with van der Waals surface area (Å²) in [4.78, 5) is 1.09. The van der Waals surface area contributed by atoms with Crippen LogP contribution in [0.25, 0.3) is 0 Å². The number of benzene rings is 2. The molecule has 0 bridgehead atoms. The van der Waals surface area contributed by atoms with Crippen LogP contribution in [0.2, 0.25) is 5.02 Å². The van der Waals surface area contributed by atoms with Crippen LogP contribution in [0.15, 0.2) is 53.4 Å². The SMILES string of the molecule is CCCc1cccc(C(CSc2ccccc2Cl)NN)c1. The second kappa shape index (κ2) is 8.44. The summed E-state index contributed by atoms with van der Waals surface area (Å²) in [5.41, 5.74) is 5.50. The van der Waals surface area contributed by atoms with Gasteiger partial charge in [-0.3, -0.25) is 11.3 Å². The quantitative estimate of drug-likeness (QED) is 0.445. The van der Waals surface area contributed by atoms with Crippen LogP contribution in [0.5, 0.6) is 0 Å². The fourth-order valence-corrected chi connectivity index (χ4v) is 3.54. The highest BCUT2D eigenvalue weighted by Crippen LogP contribution is 2.30. The molecule has 4 heteroatoms. The molecule has 0 amide bonds. The molecule has 0 spiro atoms. The van der Waals surface area contributed by atoms with Crippen molar-refractivity contribution in [3.05, 3.63) is 64.7 Å². The van der Waals surface area contributed by atoms with Crippen LogP contribution in [0, 0.1) is 0 Å². The third-order valence-electron chi connectivity index (χ3n) is 3.34. The topological polar surface area (TPSA) is 38.0 Å². The van der Waals surface area contributed by atoms with Gasteiger partial charge in [0.05, 0.1) is 11.1 Å². The maximum Gasteiger partial charge on any atom is 0.0554 e. The molecule has 0 radical (unpaired) electrons. The van der Waals surface area contributed by atoms with Crippen LogP contribution in [0.3, 0.4) is 0 Å². The van der Waals surface area contributed by atoms with Crippen molar-refractivity contribution >= 4 is 23.4 Å². The Balaban J connectivity index is 2.06. The van der Waals surface area contributed by atoms with E-state index in [-0.39, 0.29) is 6.04 Å². The van der Waals surface area contributed by atoms with Gasteiger partial charge < -0.3 is 0 Å². The Labute approximate surface area is 136 Å². The summed E-state index contributed by atoms with van der Waals surface area (Å²) in [6.45, 7) is 2.19. The van der Waals surface area contributed by atoms with E-state index in [0.717, 1.165) is 28.5 Å². The smallest absolute Gasteiger partial charge is 0.0554 e. The van der Waals surface area contributed by atoms with Gasteiger partial charge in [-0.15, -0.1) is 11.8 Å². The molecule has 2 aromatic carbocycles. The molecule has 2 rings (SSSR count). The van der Waals surface area contributed by atoms with Crippen LogP contribution < -0.4 is 11.3 Å². The second-order valence-electron chi connectivity index (χ2n) is 4.96. The van der Waals surface area contributed by atoms with Crippen LogP contribution in [0.1, 0.15) is 30.5 Å². The van der Waals surface area contributed by atoms with Gasteiger partial charge in [0.15, 0.2) is 0 Å². The first-order chi connectivity index (χ1) is 10.2. The Hall–Kier alpha value is -1.00. The van der Waals surface area contributed by atoms with E-state index in [1.54, 1.807) is 11.8 Å². The predicted octanol–water partition coefficient (Wildman–Crippen LogP) is 4.59. The van der Waals surface area contributed by atoms with E-state index in [2.05, 4.69) is 36.6 Å². The molecule has 2 nitrogen and oxygen atoms in total. The summed E-state index contributed by atoms with van der Waals surface area (Å²) in [5, 5.41) is 0.790.